The van der Waals surface area contributed by atoms with Crippen molar-refractivity contribution in [3.05, 3.63) is 119 Å². The van der Waals surface area contributed by atoms with Crippen LogP contribution in [0.1, 0.15) is 33.2 Å². The summed E-state index contributed by atoms with van der Waals surface area (Å²) in [7, 11) is 0. The Kier molecular flexibility index (Phi) is 6.64. The van der Waals surface area contributed by atoms with E-state index in [9.17, 15) is 19.5 Å². The zero-order chi connectivity index (χ0) is 26.8. The van der Waals surface area contributed by atoms with E-state index in [-0.39, 0.29) is 12.2 Å². The molecule has 5 N–H and O–H groups in total. The average Bonchev–Trinajstić information content (AvgIpc) is 3.12. The maximum absolute atomic E-state index is 12.3. The van der Waals surface area contributed by atoms with E-state index in [0.717, 1.165) is 22.4 Å². The Morgan fingerprint density at radius 1 is 0.658 bits per heavy atom. The van der Waals surface area contributed by atoms with E-state index in [1.54, 1.807) is 36.4 Å². The maximum Gasteiger partial charge on any atom is 0.323 e. The van der Waals surface area contributed by atoms with Crippen LogP contribution >= 0.6 is 0 Å². The molecule has 0 aliphatic carbocycles. The fourth-order valence-corrected chi connectivity index (χ4v) is 4.98. The number of anilines is 4. The molecule has 0 bridgehead atoms. The SMILES string of the molecule is NC(=O)N1c2ccccc2CC(=O)c2ccccc21.NC(=O)N1c2ccccc2C[C@H](O)c2ccccc21. The molecule has 8 heteroatoms. The van der Waals surface area contributed by atoms with Crippen molar-refractivity contribution in [2.24, 2.45) is 11.5 Å². The van der Waals surface area contributed by atoms with Gasteiger partial charge in [-0.15, -0.1) is 0 Å². The zero-order valence-electron chi connectivity index (χ0n) is 20.5. The van der Waals surface area contributed by atoms with E-state index in [1.165, 1.54) is 9.80 Å². The third-order valence-electron chi connectivity index (χ3n) is 6.65. The van der Waals surface area contributed by atoms with E-state index in [0.29, 0.717) is 29.0 Å². The van der Waals surface area contributed by atoms with Crippen LogP contribution in [0.5, 0.6) is 0 Å². The Hall–Kier alpha value is -4.95. The minimum absolute atomic E-state index is 0.00759. The smallest absolute Gasteiger partial charge is 0.323 e. The van der Waals surface area contributed by atoms with Gasteiger partial charge in [-0.1, -0.05) is 66.7 Å². The number of amides is 4. The molecule has 2 aliphatic heterocycles. The molecule has 4 amide bonds. The number of nitrogens with zero attached hydrogens (tertiary/aromatic N) is 2. The molecule has 0 unspecified atom stereocenters. The van der Waals surface area contributed by atoms with Gasteiger partial charge in [-0.3, -0.25) is 14.6 Å². The average molecular weight is 507 g/mol. The Balaban J connectivity index is 0.000000155. The van der Waals surface area contributed by atoms with Crippen molar-refractivity contribution in [1.82, 2.24) is 0 Å². The summed E-state index contributed by atoms with van der Waals surface area (Å²) in [4.78, 5) is 38.7. The van der Waals surface area contributed by atoms with Crippen LogP contribution in [-0.2, 0) is 12.8 Å². The van der Waals surface area contributed by atoms with Crippen LogP contribution in [0, 0.1) is 0 Å². The number of carbonyl (C=O) groups is 3. The molecular formula is C30H26N4O4. The van der Waals surface area contributed by atoms with E-state index in [4.69, 9.17) is 11.5 Å². The third-order valence-corrected chi connectivity index (χ3v) is 6.65. The van der Waals surface area contributed by atoms with Gasteiger partial charge in [-0.2, -0.15) is 0 Å². The lowest BCUT2D eigenvalue weighted by Crippen LogP contribution is -2.32. The lowest BCUT2D eigenvalue weighted by molar-refractivity contribution is 0.0994. The first kappa shape index (κ1) is 24.7. The molecule has 2 heterocycles. The highest BCUT2D eigenvalue weighted by Crippen LogP contribution is 2.39. The summed E-state index contributed by atoms with van der Waals surface area (Å²) in [6.45, 7) is 0. The Morgan fingerprint density at radius 3 is 1.79 bits per heavy atom. The topological polar surface area (TPSA) is 130 Å². The first-order valence-electron chi connectivity index (χ1n) is 12.1. The van der Waals surface area contributed by atoms with Crippen LogP contribution in [0.4, 0.5) is 32.3 Å². The predicted molar refractivity (Wildman–Crippen MR) is 146 cm³/mol. The largest absolute Gasteiger partial charge is 0.388 e. The van der Waals surface area contributed by atoms with Crippen LogP contribution in [-0.4, -0.2) is 23.0 Å². The number of primary amides is 2. The summed E-state index contributed by atoms with van der Waals surface area (Å²) in [6, 6.07) is 28.0. The highest BCUT2D eigenvalue weighted by atomic mass is 16.3. The quantitative estimate of drug-likeness (QED) is 0.305. The van der Waals surface area contributed by atoms with Crippen molar-refractivity contribution in [3.63, 3.8) is 0 Å². The number of para-hydroxylation sites is 4. The lowest BCUT2D eigenvalue weighted by Gasteiger charge is -2.22. The maximum atomic E-state index is 12.3. The number of rotatable bonds is 0. The molecule has 8 nitrogen and oxygen atoms in total. The van der Waals surface area contributed by atoms with Gasteiger partial charge >= 0.3 is 12.1 Å². The van der Waals surface area contributed by atoms with Gasteiger partial charge in [0.1, 0.15) is 0 Å². The number of ketones is 1. The van der Waals surface area contributed by atoms with Crippen LogP contribution < -0.4 is 21.3 Å². The number of hydrogen-bond acceptors (Lipinski definition) is 4. The standard InChI is InChI=1S/C15H14N2O2.C15H12N2O2/c2*16-15(19)17-12-7-3-1-5-10(12)9-14(18)11-6-2-4-8-13(11)17/h1-8,14,18H,9H2,(H2,16,19);1-8H,9H2,(H2,16,19)/t14-;/m0./s1. The highest BCUT2D eigenvalue weighted by molar-refractivity contribution is 6.11. The summed E-state index contributed by atoms with van der Waals surface area (Å²) in [5, 5.41) is 10.3. The molecule has 4 aromatic rings. The Morgan fingerprint density at radius 2 is 1.13 bits per heavy atom. The number of aliphatic hydroxyl groups is 1. The minimum Gasteiger partial charge on any atom is -0.388 e. The van der Waals surface area contributed by atoms with Crippen LogP contribution in [0.15, 0.2) is 97.1 Å². The van der Waals surface area contributed by atoms with E-state index < -0.39 is 18.2 Å². The van der Waals surface area contributed by atoms with E-state index in [1.807, 2.05) is 60.7 Å². The fourth-order valence-electron chi connectivity index (χ4n) is 4.98. The fraction of sp³-hybridized carbons (Fsp3) is 0.100. The molecule has 6 rings (SSSR count). The summed E-state index contributed by atoms with van der Waals surface area (Å²) >= 11 is 0. The number of Topliss-reactive ketones (excluding diaryl/α,β-unsaturated/α-hetero) is 1. The van der Waals surface area contributed by atoms with Gasteiger partial charge in [0.15, 0.2) is 5.78 Å². The van der Waals surface area contributed by atoms with Crippen LogP contribution in [0.3, 0.4) is 0 Å². The molecule has 0 radical (unpaired) electrons. The molecule has 0 fully saturated rings. The molecule has 38 heavy (non-hydrogen) atoms. The van der Waals surface area contributed by atoms with E-state index in [2.05, 4.69) is 0 Å². The molecule has 4 aromatic carbocycles. The first-order chi connectivity index (χ1) is 18.4. The van der Waals surface area contributed by atoms with Crippen molar-refractivity contribution in [1.29, 1.82) is 0 Å². The van der Waals surface area contributed by atoms with Gasteiger partial charge in [0.2, 0.25) is 0 Å². The van der Waals surface area contributed by atoms with E-state index >= 15 is 0 Å². The van der Waals surface area contributed by atoms with Gasteiger partial charge in [0, 0.05) is 24.0 Å². The van der Waals surface area contributed by atoms with Gasteiger partial charge in [-0.05, 0) is 41.5 Å². The summed E-state index contributed by atoms with van der Waals surface area (Å²) in [5.74, 6) is -0.00759. The number of urea groups is 2. The second-order valence-corrected chi connectivity index (χ2v) is 9.00. The predicted octanol–water partition coefficient (Wildman–Crippen LogP) is 5.14. The van der Waals surface area contributed by atoms with Crippen molar-refractivity contribution in [2.75, 3.05) is 9.80 Å². The molecule has 0 aromatic heterocycles. The van der Waals surface area contributed by atoms with Crippen molar-refractivity contribution >= 4 is 40.6 Å². The minimum atomic E-state index is -0.637. The summed E-state index contributed by atoms with van der Waals surface area (Å²) in [5.41, 5.74) is 16.6. The molecule has 0 spiro atoms. The van der Waals surface area contributed by atoms with Crippen LogP contribution in [0.2, 0.25) is 0 Å². The van der Waals surface area contributed by atoms with Gasteiger partial charge in [0.25, 0.3) is 0 Å². The molecular weight excluding hydrogens is 480 g/mol. The van der Waals surface area contributed by atoms with Crippen molar-refractivity contribution in [3.8, 4) is 0 Å². The van der Waals surface area contributed by atoms with Gasteiger partial charge < -0.3 is 16.6 Å². The van der Waals surface area contributed by atoms with Gasteiger partial charge in [0.05, 0.1) is 28.9 Å². The monoisotopic (exact) mass is 506 g/mol. The molecule has 1 atom stereocenters. The second-order valence-electron chi connectivity index (χ2n) is 9.00. The number of carbonyl (C=O) groups excluding carboxylic acids is 3. The number of aliphatic hydroxyl groups excluding tert-OH is 1. The molecule has 0 saturated carbocycles. The third kappa shape index (κ3) is 4.49. The summed E-state index contributed by atoms with van der Waals surface area (Å²) in [6.07, 6.45) is 0.107. The first-order valence-corrected chi connectivity index (χ1v) is 12.1. The lowest BCUT2D eigenvalue weighted by atomic mass is 10.0. The molecule has 190 valence electrons. The number of fused-ring (bicyclic) bond motifs is 4. The zero-order valence-corrected chi connectivity index (χ0v) is 20.5. The Labute approximate surface area is 219 Å². The Bertz CT molecular complexity index is 1550. The summed E-state index contributed by atoms with van der Waals surface area (Å²) < 4.78 is 0. The molecule has 0 saturated heterocycles. The van der Waals surface area contributed by atoms with Crippen LogP contribution in [0.25, 0.3) is 0 Å². The normalized spacial score (nSPS) is 15.4. The highest BCUT2D eigenvalue weighted by Gasteiger charge is 2.29. The van der Waals surface area contributed by atoms with Gasteiger partial charge in [-0.25, -0.2) is 9.59 Å². The number of benzene rings is 4. The number of hydrogen-bond donors (Lipinski definition) is 3. The second kappa shape index (κ2) is 10.2. The van der Waals surface area contributed by atoms with Crippen molar-refractivity contribution in [2.45, 2.75) is 18.9 Å². The molecule has 2 aliphatic rings. The number of nitrogens with two attached hydrogens (primary N) is 2. The van der Waals surface area contributed by atoms with Crippen molar-refractivity contribution < 1.29 is 19.5 Å².